The largest absolute Gasteiger partial charge is 0.309 e. The van der Waals surface area contributed by atoms with Crippen molar-refractivity contribution in [2.24, 2.45) is 0 Å². The molecule has 0 radical (unpaired) electrons. The Bertz CT molecular complexity index is 6000. The van der Waals surface area contributed by atoms with Gasteiger partial charge in [0.1, 0.15) is 0 Å². The fourth-order valence-corrected chi connectivity index (χ4v) is 14.7. The van der Waals surface area contributed by atoms with E-state index in [1.54, 1.807) is 0 Å². The third-order valence-electron chi connectivity index (χ3n) is 18.7. The second kappa shape index (κ2) is 19.7. The number of fused-ring (bicyclic) bond motifs is 15. The number of aromatic nitrogens is 6. The monoisotopic (exact) mass is 1140 g/mol. The van der Waals surface area contributed by atoms with E-state index in [1.165, 1.54) is 110 Å². The highest BCUT2D eigenvalue weighted by Crippen LogP contribution is 2.52. The third kappa shape index (κ3) is 7.58. The Balaban J connectivity index is 0.000000130. The van der Waals surface area contributed by atoms with Gasteiger partial charge in [-0.3, -0.25) is 0 Å². The van der Waals surface area contributed by atoms with Crippen LogP contribution in [0.5, 0.6) is 0 Å². The summed E-state index contributed by atoms with van der Waals surface area (Å²) in [5, 5.41) is 12.5. The lowest BCUT2D eigenvalue weighted by Gasteiger charge is -2.12. The molecule has 0 bridgehead atoms. The number of nitrogens with zero attached hydrogens (tertiary/aromatic N) is 6. The first-order valence-electron chi connectivity index (χ1n) is 30.7. The van der Waals surface area contributed by atoms with E-state index in [9.17, 15) is 0 Å². The van der Waals surface area contributed by atoms with Crippen molar-refractivity contribution in [3.8, 4) is 101 Å². The standard InChI is InChI=1S/2C42H25N3/c1-2-10-27(11-3-1)41-33-15-4-6-18-37(33)43-42(44-41)28-20-22-29(23-21-28)45-38-19-7-5-14-30(38)36-24-34-31-16-8-12-26-13-9-17-32(40(26)31)35(34)25-39(36)45;1-2-11-26(12-3-1)41-32-15-6-8-19-36(32)43-42(44-41)27-21-23-28(24-22-27)45-37-20-9-7-16-33(37)40-34-18-10-17-31-29-13-4-5-14-30(29)35(39(31)34)25-38(40)45/h2*1-25H. The molecule has 0 saturated heterocycles. The SMILES string of the molecule is c1ccc(-c2nc(-c3ccc(-n4c5ccccc5c5c6cccc7c6c(cc54)-c4ccccc4-7)cc3)nc3ccccc23)cc1.c1ccc(-c2nc(-c3ccc(-n4c5ccccc5c5cc6c(cc54)-c4cccc5cccc-6c45)cc3)nc3ccccc23)cc1. The number of para-hydroxylation sites is 4. The van der Waals surface area contributed by atoms with Gasteiger partial charge < -0.3 is 9.13 Å². The summed E-state index contributed by atoms with van der Waals surface area (Å²) in [7, 11) is 0. The van der Waals surface area contributed by atoms with Gasteiger partial charge in [0.15, 0.2) is 11.6 Å². The van der Waals surface area contributed by atoms with Crippen molar-refractivity contribution < 1.29 is 0 Å². The average Bonchev–Trinajstić information content (AvgIpc) is 1.72. The van der Waals surface area contributed by atoms with Crippen molar-refractivity contribution in [3.05, 3.63) is 303 Å². The quantitative estimate of drug-likeness (QED) is 0.166. The van der Waals surface area contributed by atoms with Gasteiger partial charge in [0.05, 0.1) is 44.5 Å². The molecule has 0 unspecified atom stereocenters. The van der Waals surface area contributed by atoms with E-state index in [4.69, 9.17) is 19.9 Å². The molecule has 90 heavy (non-hydrogen) atoms. The fourth-order valence-electron chi connectivity index (χ4n) is 14.7. The van der Waals surface area contributed by atoms with Crippen LogP contribution in [0.15, 0.2) is 303 Å². The molecule has 0 atom stereocenters. The molecule has 416 valence electrons. The Labute approximate surface area is 517 Å². The maximum Gasteiger partial charge on any atom is 0.160 e. The van der Waals surface area contributed by atoms with Crippen molar-refractivity contribution >= 4 is 87.0 Å². The Hall–Kier alpha value is -12.1. The van der Waals surface area contributed by atoms with Crippen molar-refractivity contribution in [3.63, 3.8) is 0 Å². The van der Waals surface area contributed by atoms with E-state index in [-0.39, 0.29) is 0 Å². The molecule has 4 aromatic heterocycles. The van der Waals surface area contributed by atoms with Crippen molar-refractivity contribution in [1.82, 2.24) is 29.1 Å². The summed E-state index contributed by atoms with van der Waals surface area (Å²) < 4.78 is 4.81. The first kappa shape index (κ1) is 50.1. The van der Waals surface area contributed by atoms with Gasteiger partial charge in [0.25, 0.3) is 0 Å². The molecule has 20 rings (SSSR count). The minimum atomic E-state index is 0.727. The lowest BCUT2D eigenvalue weighted by molar-refractivity contribution is 1.17. The molecule has 6 nitrogen and oxygen atoms in total. The predicted octanol–water partition coefficient (Wildman–Crippen LogP) is 21.7. The Morgan fingerprint density at radius 2 is 0.633 bits per heavy atom. The highest BCUT2D eigenvalue weighted by molar-refractivity contribution is 6.29. The van der Waals surface area contributed by atoms with Crippen LogP contribution in [-0.4, -0.2) is 29.1 Å². The summed E-state index contributed by atoms with van der Waals surface area (Å²) in [5.41, 5.74) is 25.5. The molecule has 4 heterocycles. The lowest BCUT2D eigenvalue weighted by atomic mass is 9.98. The Kier molecular flexibility index (Phi) is 11.0. The summed E-state index contributed by atoms with van der Waals surface area (Å²) in [6.07, 6.45) is 0. The zero-order valence-corrected chi connectivity index (χ0v) is 48.6. The smallest absolute Gasteiger partial charge is 0.160 e. The third-order valence-corrected chi connectivity index (χ3v) is 18.7. The van der Waals surface area contributed by atoms with E-state index in [1.807, 2.05) is 36.4 Å². The molecule has 2 aliphatic carbocycles. The second-order valence-electron chi connectivity index (χ2n) is 23.6. The van der Waals surface area contributed by atoms with Gasteiger partial charge in [0.2, 0.25) is 0 Å². The summed E-state index contributed by atoms with van der Waals surface area (Å²) in [6.45, 7) is 0. The molecule has 6 heteroatoms. The fraction of sp³-hybridized carbons (Fsp3) is 0. The Morgan fingerprint density at radius 3 is 1.22 bits per heavy atom. The van der Waals surface area contributed by atoms with E-state index < -0.39 is 0 Å². The number of hydrogen-bond donors (Lipinski definition) is 0. The molecule has 0 spiro atoms. The summed E-state index contributed by atoms with van der Waals surface area (Å²) in [5.74, 6) is 1.45. The summed E-state index contributed by atoms with van der Waals surface area (Å²) in [4.78, 5) is 20.2. The van der Waals surface area contributed by atoms with Crippen LogP contribution >= 0.6 is 0 Å². The molecule has 18 aromatic rings. The lowest BCUT2D eigenvalue weighted by Crippen LogP contribution is -1.97. The molecule has 0 saturated carbocycles. The van der Waals surface area contributed by atoms with Crippen LogP contribution in [0.2, 0.25) is 0 Å². The number of benzene rings is 14. The van der Waals surface area contributed by atoms with Gasteiger partial charge >= 0.3 is 0 Å². The van der Waals surface area contributed by atoms with Crippen LogP contribution in [-0.2, 0) is 0 Å². The molecular weight excluding hydrogens is 1090 g/mol. The first-order valence-corrected chi connectivity index (χ1v) is 30.7. The Morgan fingerprint density at radius 1 is 0.211 bits per heavy atom. The summed E-state index contributed by atoms with van der Waals surface area (Å²) >= 11 is 0. The van der Waals surface area contributed by atoms with Crippen LogP contribution in [0.25, 0.3) is 188 Å². The number of hydrogen-bond acceptors (Lipinski definition) is 4. The zero-order valence-electron chi connectivity index (χ0n) is 48.6. The van der Waals surface area contributed by atoms with Crippen molar-refractivity contribution in [2.45, 2.75) is 0 Å². The van der Waals surface area contributed by atoms with E-state index >= 15 is 0 Å². The van der Waals surface area contributed by atoms with Gasteiger partial charge in [-0.1, -0.05) is 212 Å². The maximum atomic E-state index is 5.10. The molecule has 0 amide bonds. The van der Waals surface area contributed by atoms with Crippen LogP contribution in [0.3, 0.4) is 0 Å². The molecule has 0 fully saturated rings. The van der Waals surface area contributed by atoms with Gasteiger partial charge in [-0.2, -0.15) is 0 Å². The topological polar surface area (TPSA) is 61.4 Å². The molecule has 2 aliphatic rings. The zero-order chi connectivity index (χ0) is 59.0. The predicted molar refractivity (Wildman–Crippen MR) is 373 cm³/mol. The van der Waals surface area contributed by atoms with Crippen LogP contribution < -0.4 is 0 Å². The van der Waals surface area contributed by atoms with E-state index in [2.05, 4.69) is 276 Å². The van der Waals surface area contributed by atoms with Crippen LogP contribution in [0, 0.1) is 0 Å². The highest BCUT2D eigenvalue weighted by Gasteiger charge is 2.27. The molecule has 14 aromatic carbocycles. The van der Waals surface area contributed by atoms with Crippen molar-refractivity contribution in [2.75, 3.05) is 0 Å². The van der Waals surface area contributed by atoms with Gasteiger partial charge in [-0.15, -0.1) is 0 Å². The first-order chi connectivity index (χ1) is 44.6. The summed E-state index contributed by atoms with van der Waals surface area (Å²) in [6, 6.07) is 108. The van der Waals surface area contributed by atoms with E-state index in [0.29, 0.717) is 0 Å². The van der Waals surface area contributed by atoms with Gasteiger partial charge in [-0.25, -0.2) is 19.9 Å². The highest BCUT2D eigenvalue weighted by atomic mass is 15.0. The van der Waals surface area contributed by atoms with Crippen LogP contribution in [0.1, 0.15) is 0 Å². The van der Waals surface area contributed by atoms with Crippen molar-refractivity contribution in [1.29, 1.82) is 0 Å². The average molecular weight is 1140 g/mol. The molecule has 0 N–H and O–H groups in total. The number of rotatable bonds is 6. The maximum absolute atomic E-state index is 5.10. The molecule has 0 aliphatic heterocycles. The minimum absolute atomic E-state index is 0.727. The van der Waals surface area contributed by atoms with Crippen LogP contribution in [0.4, 0.5) is 0 Å². The van der Waals surface area contributed by atoms with E-state index in [0.717, 1.165) is 78.5 Å². The normalized spacial score (nSPS) is 12.0. The minimum Gasteiger partial charge on any atom is -0.309 e. The second-order valence-corrected chi connectivity index (χ2v) is 23.6. The molecular formula is C84H50N6. The van der Waals surface area contributed by atoms with Gasteiger partial charge in [0, 0.05) is 65.9 Å². The van der Waals surface area contributed by atoms with Gasteiger partial charge in [-0.05, 0) is 157 Å².